The Morgan fingerprint density at radius 3 is 2.58 bits per heavy atom. The molecule has 1 amide bonds. The summed E-state index contributed by atoms with van der Waals surface area (Å²) in [4.78, 5) is 16.4. The molecule has 1 fully saturated rings. The molecule has 1 aliphatic rings. The summed E-state index contributed by atoms with van der Waals surface area (Å²) < 4.78 is 31.8. The fourth-order valence-electron chi connectivity index (χ4n) is 2.93. The maximum atomic E-state index is 12.6. The van der Waals surface area contributed by atoms with E-state index in [2.05, 4.69) is 10.3 Å². The van der Waals surface area contributed by atoms with Crippen LogP contribution in [-0.4, -0.2) is 47.9 Å². The van der Waals surface area contributed by atoms with Gasteiger partial charge in [-0.3, -0.25) is 4.79 Å². The average Bonchev–Trinajstić information content (AvgIpc) is 2.94. The van der Waals surface area contributed by atoms with E-state index < -0.39 is 22.0 Å². The van der Waals surface area contributed by atoms with Crippen molar-refractivity contribution >= 4 is 21.6 Å². The number of carbonyl (C=O) groups is 1. The summed E-state index contributed by atoms with van der Waals surface area (Å²) >= 11 is 0. The minimum Gasteiger partial charge on any atom is -0.436 e. The molecule has 2 aromatic rings. The number of β-amino-alcohol motifs (C(OH)–C–C–N with tert-alkyl or cyclic N) is 1. The summed E-state index contributed by atoms with van der Waals surface area (Å²) in [5, 5.41) is 12.4. The van der Waals surface area contributed by atoms with Crippen molar-refractivity contribution in [2.24, 2.45) is 0 Å². The quantitative estimate of drug-likeness (QED) is 0.836. The largest absolute Gasteiger partial charge is 0.436 e. The summed E-state index contributed by atoms with van der Waals surface area (Å²) in [7, 11) is -3.66. The van der Waals surface area contributed by atoms with Crippen LogP contribution in [0.2, 0.25) is 0 Å². The number of hydrogen-bond acceptors (Lipinski definition) is 6. The first-order chi connectivity index (χ1) is 12.3. The number of oxazole rings is 1. The number of sulfonamides is 1. The molecular weight excluding hydrogens is 358 g/mol. The Morgan fingerprint density at radius 2 is 2.00 bits per heavy atom. The third-order valence-electron chi connectivity index (χ3n) is 4.22. The number of nitrogens with zero attached hydrogens (tertiary/aromatic N) is 2. The highest BCUT2D eigenvalue weighted by atomic mass is 32.2. The van der Waals surface area contributed by atoms with Crippen LogP contribution in [-0.2, 0) is 10.0 Å². The van der Waals surface area contributed by atoms with Crippen molar-refractivity contribution in [1.82, 2.24) is 9.29 Å². The maximum Gasteiger partial charge on any atom is 0.293 e. The van der Waals surface area contributed by atoms with Gasteiger partial charge < -0.3 is 14.8 Å². The molecule has 0 spiro atoms. The van der Waals surface area contributed by atoms with Gasteiger partial charge in [-0.25, -0.2) is 13.4 Å². The van der Waals surface area contributed by atoms with Gasteiger partial charge in [0.05, 0.1) is 16.7 Å². The second-order valence-corrected chi connectivity index (χ2v) is 8.22. The Balaban J connectivity index is 1.74. The zero-order chi connectivity index (χ0) is 18.9. The molecule has 0 unspecified atom stereocenters. The zero-order valence-electron chi connectivity index (χ0n) is 14.6. The summed E-state index contributed by atoms with van der Waals surface area (Å²) in [5.41, 5.74) is 0.934. The number of anilines is 1. The Hall–Kier alpha value is -2.23. The third-order valence-corrected chi connectivity index (χ3v) is 6.10. The normalized spacial score (nSPS) is 18.7. The van der Waals surface area contributed by atoms with Gasteiger partial charge in [0.25, 0.3) is 5.91 Å². The van der Waals surface area contributed by atoms with Gasteiger partial charge in [-0.2, -0.15) is 4.31 Å². The van der Waals surface area contributed by atoms with Crippen molar-refractivity contribution in [3.05, 3.63) is 41.6 Å². The number of hydrogen-bond donors (Lipinski definition) is 2. The lowest BCUT2D eigenvalue weighted by molar-refractivity contribution is 0.0994. The van der Waals surface area contributed by atoms with Crippen molar-refractivity contribution in [2.45, 2.75) is 37.7 Å². The maximum absolute atomic E-state index is 12.6. The van der Waals surface area contributed by atoms with E-state index >= 15 is 0 Å². The fourth-order valence-corrected chi connectivity index (χ4v) is 4.44. The van der Waals surface area contributed by atoms with Gasteiger partial charge in [-0.05, 0) is 44.0 Å². The summed E-state index contributed by atoms with van der Waals surface area (Å²) in [6.07, 6.45) is 0.604. The molecule has 2 N–H and O–H groups in total. The van der Waals surface area contributed by atoms with Gasteiger partial charge >= 0.3 is 0 Å². The van der Waals surface area contributed by atoms with E-state index in [1.807, 2.05) is 0 Å². The molecule has 26 heavy (non-hydrogen) atoms. The standard InChI is InChI=1S/C17H21N3O5S/c1-11-16(25-12(2)18-11)17(22)19-13-5-7-15(8-6-13)26(23,24)20-9-3-4-14(21)10-20/h5-8,14,21H,3-4,9-10H2,1-2H3,(H,19,22)/t14-/m1/s1. The molecule has 1 atom stereocenters. The molecule has 0 bridgehead atoms. The summed E-state index contributed by atoms with van der Waals surface area (Å²) in [6, 6.07) is 5.91. The second kappa shape index (κ2) is 7.18. The van der Waals surface area contributed by atoms with Gasteiger partial charge in [0.15, 0.2) is 5.89 Å². The summed E-state index contributed by atoms with van der Waals surface area (Å²) in [5.74, 6) is 0.0807. The van der Waals surface area contributed by atoms with Crippen LogP contribution in [0.1, 0.15) is 35.0 Å². The molecule has 0 radical (unpaired) electrons. The number of nitrogens with one attached hydrogen (secondary N) is 1. The smallest absolute Gasteiger partial charge is 0.293 e. The zero-order valence-corrected chi connectivity index (χ0v) is 15.4. The van der Waals surface area contributed by atoms with Crippen LogP contribution >= 0.6 is 0 Å². The summed E-state index contributed by atoms with van der Waals surface area (Å²) in [6.45, 7) is 3.82. The van der Waals surface area contributed by atoms with E-state index in [0.717, 1.165) is 0 Å². The van der Waals surface area contributed by atoms with E-state index in [9.17, 15) is 18.3 Å². The van der Waals surface area contributed by atoms with E-state index in [0.29, 0.717) is 36.7 Å². The fraction of sp³-hybridized carbons (Fsp3) is 0.412. The van der Waals surface area contributed by atoms with Crippen LogP contribution in [0.25, 0.3) is 0 Å². The lowest BCUT2D eigenvalue weighted by atomic mass is 10.1. The highest BCUT2D eigenvalue weighted by molar-refractivity contribution is 7.89. The molecule has 8 nitrogen and oxygen atoms in total. The van der Waals surface area contributed by atoms with Gasteiger partial charge in [-0.1, -0.05) is 0 Å². The van der Waals surface area contributed by atoms with Gasteiger partial charge in [0.1, 0.15) is 0 Å². The Labute approximate surface area is 151 Å². The number of rotatable bonds is 4. The van der Waals surface area contributed by atoms with E-state index in [4.69, 9.17) is 4.42 Å². The van der Waals surface area contributed by atoms with Gasteiger partial charge in [-0.15, -0.1) is 0 Å². The number of piperidine rings is 1. The van der Waals surface area contributed by atoms with Crippen molar-refractivity contribution in [1.29, 1.82) is 0 Å². The van der Waals surface area contributed by atoms with Crippen LogP contribution in [0.5, 0.6) is 0 Å². The molecule has 0 aliphatic carbocycles. The molecule has 1 saturated heterocycles. The highest BCUT2D eigenvalue weighted by Gasteiger charge is 2.29. The Bertz CT molecular complexity index is 905. The molecule has 2 heterocycles. The van der Waals surface area contributed by atoms with Crippen molar-refractivity contribution < 1.29 is 22.7 Å². The number of amides is 1. The van der Waals surface area contributed by atoms with Crippen molar-refractivity contribution in [3.63, 3.8) is 0 Å². The topological polar surface area (TPSA) is 113 Å². The SMILES string of the molecule is Cc1nc(C)c(C(=O)Nc2ccc(S(=O)(=O)N3CCC[C@@H](O)C3)cc2)o1. The number of aliphatic hydroxyl groups is 1. The number of benzene rings is 1. The Morgan fingerprint density at radius 1 is 1.31 bits per heavy atom. The molecule has 3 rings (SSSR count). The van der Waals surface area contributed by atoms with Gasteiger partial charge in [0, 0.05) is 25.7 Å². The number of aliphatic hydroxyl groups excluding tert-OH is 1. The number of aromatic nitrogens is 1. The van der Waals surface area contributed by atoms with E-state index in [1.54, 1.807) is 13.8 Å². The molecular formula is C17H21N3O5S. The van der Waals surface area contributed by atoms with Crippen molar-refractivity contribution in [3.8, 4) is 0 Å². The van der Waals surface area contributed by atoms with Crippen LogP contribution in [0.3, 0.4) is 0 Å². The minimum absolute atomic E-state index is 0.102. The van der Waals surface area contributed by atoms with E-state index in [-0.39, 0.29) is 17.2 Å². The molecule has 140 valence electrons. The Kier molecular flexibility index (Phi) is 5.12. The molecule has 1 aromatic carbocycles. The highest BCUT2D eigenvalue weighted by Crippen LogP contribution is 2.22. The van der Waals surface area contributed by atoms with Gasteiger partial charge in [0.2, 0.25) is 15.8 Å². The van der Waals surface area contributed by atoms with Crippen molar-refractivity contribution in [2.75, 3.05) is 18.4 Å². The first-order valence-corrected chi connectivity index (χ1v) is 9.75. The lowest BCUT2D eigenvalue weighted by Crippen LogP contribution is -2.42. The molecule has 1 aromatic heterocycles. The van der Waals surface area contributed by atoms with Crippen LogP contribution in [0, 0.1) is 13.8 Å². The third kappa shape index (κ3) is 3.79. The monoisotopic (exact) mass is 379 g/mol. The molecule has 0 saturated carbocycles. The van der Waals surface area contributed by atoms with Crippen LogP contribution in [0.4, 0.5) is 5.69 Å². The predicted molar refractivity (Wildman–Crippen MR) is 94.4 cm³/mol. The molecule has 9 heteroatoms. The molecule has 1 aliphatic heterocycles. The number of aryl methyl sites for hydroxylation is 2. The van der Waals surface area contributed by atoms with Crippen LogP contribution in [0.15, 0.2) is 33.6 Å². The number of carbonyl (C=O) groups excluding carboxylic acids is 1. The predicted octanol–water partition coefficient (Wildman–Crippen LogP) is 1.69. The van der Waals surface area contributed by atoms with Crippen LogP contribution < -0.4 is 5.32 Å². The lowest BCUT2D eigenvalue weighted by Gasteiger charge is -2.29. The second-order valence-electron chi connectivity index (χ2n) is 6.29. The van der Waals surface area contributed by atoms with E-state index in [1.165, 1.54) is 28.6 Å². The minimum atomic E-state index is -3.66. The first-order valence-electron chi connectivity index (χ1n) is 8.31. The average molecular weight is 379 g/mol. The first kappa shape index (κ1) is 18.6.